The Morgan fingerprint density at radius 3 is 2.79 bits per heavy atom. The van der Waals surface area contributed by atoms with Gasteiger partial charge in [-0.1, -0.05) is 25.0 Å². The van der Waals surface area contributed by atoms with E-state index in [0.717, 1.165) is 12.1 Å². The third-order valence-electron chi connectivity index (χ3n) is 1.99. The summed E-state index contributed by atoms with van der Waals surface area (Å²) in [5, 5.41) is 12.0. The standard InChI is InChI=1S/C12H12N2/c1-3-11(4-2)14-12-8-6-5-7-10(12)9-13/h1,5-8,11,14H,4H2,2H3. The summed E-state index contributed by atoms with van der Waals surface area (Å²) >= 11 is 0. The van der Waals surface area contributed by atoms with Crippen LogP contribution in [0.2, 0.25) is 0 Å². The highest BCUT2D eigenvalue weighted by atomic mass is 14.9. The van der Waals surface area contributed by atoms with E-state index in [-0.39, 0.29) is 6.04 Å². The molecular formula is C12H12N2. The summed E-state index contributed by atoms with van der Waals surface area (Å²) < 4.78 is 0. The maximum absolute atomic E-state index is 8.84. The van der Waals surface area contributed by atoms with Crippen LogP contribution in [0.5, 0.6) is 0 Å². The molecule has 1 rings (SSSR count). The number of rotatable bonds is 3. The zero-order chi connectivity index (χ0) is 10.4. The lowest BCUT2D eigenvalue weighted by atomic mass is 10.1. The van der Waals surface area contributed by atoms with Crippen LogP contribution >= 0.6 is 0 Å². The lowest BCUT2D eigenvalue weighted by Crippen LogP contribution is -2.16. The molecule has 0 aliphatic heterocycles. The van der Waals surface area contributed by atoms with Crippen LogP contribution < -0.4 is 5.32 Å². The molecular weight excluding hydrogens is 172 g/mol. The van der Waals surface area contributed by atoms with E-state index in [0.29, 0.717) is 5.56 Å². The normalized spacial score (nSPS) is 11.1. The van der Waals surface area contributed by atoms with Gasteiger partial charge in [0.2, 0.25) is 0 Å². The van der Waals surface area contributed by atoms with Gasteiger partial charge in [0.1, 0.15) is 6.07 Å². The van der Waals surface area contributed by atoms with Crippen LogP contribution in [0.3, 0.4) is 0 Å². The van der Waals surface area contributed by atoms with Crippen molar-refractivity contribution < 1.29 is 0 Å². The predicted molar refractivity (Wildman–Crippen MR) is 57.7 cm³/mol. The highest BCUT2D eigenvalue weighted by Gasteiger charge is 2.04. The van der Waals surface area contributed by atoms with E-state index in [4.69, 9.17) is 11.7 Å². The lowest BCUT2D eigenvalue weighted by Gasteiger charge is -2.12. The fraction of sp³-hybridized carbons (Fsp3) is 0.250. The Hall–Kier alpha value is -1.93. The summed E-state index contributed by atoms with van der Waals surface area (Å²) in [6, 6.07) is 9.45. The maximum Gasteiger partial charge on any atom is 0.101 e. The summed E-state index contributed by atoms with van der Waals surface area (Å²) in [6.07, 6.45) is 6.17. The van der Waals surface area contributed by atoms with Crippen LogP contribution in [0.15, 0.2) is 24.3 Å². The molecule has 0 amide bonds. The summed E-state index contributed by atoms with van der Waals surface area (Å²) in [4.78, 5) is 0. The zero-order valence-electron chi connectivity index (χ0n) is 8.12. The summed E-state index contributed by atoms with van der Waals surface area (Å²) in [6.45, 7) is 2.01. The summed E-state index contributed by atoms with van der Waals surface area (Å²) in [5.41, 5.74) is 1.43. The minimum Gasteiger partial charge on any atom is -0.370 e. The molecule has 1 unspecified atom stereocenters. The van der Waals surface area contributed by atoms with Gasteiger partial charge in [0.15, 0.2) is 0 Å². The topological polar surface area (TPSA) is 35.8 Å². The first-order valence-electron chi connectivity index (χ1n) is 4.53. The van der Waals surface area contributed by atoms with E-state index in [1.165, 1.54) is 0 Å². The Bertz CT molecular complexity index is 382. The second-order valence-corrected chi connectivity index (χ2v) is 2.93. The van der Waals surface area contributed by atoms with Gasteiger partial charge in [-0.25, -0.2) is 0 Å². The average Bonchev–Trinajstić information content (AvgIpc) is 2.26. The molecule has 0 fully saturated rings. The molecule has 0 bridgehead atoms. The van der Waals surface area contributed by atoms with Crippen LogP contribution in [0.1, 0.15) is 18.9 Å². The number of anilines is 1. The van der Waals surface area contributed by atoms with Crippen molar-refractivity contribution in [3.05, 3.63) is 29.8 Å². The zero-order valence-corrected chi connectivity index (χ0v) is 8.12. The summed E-state index contributed by atoms with van der Waals surface area (Å²) in [7, 11) is 0. The van der Waals surface area contributed by atoms with Gasteiger partial charge in [0.05, 0.1) is 17.3 Å². The fourth-order valence-corrected chi connectivity index (χ4v) is 1.16. The van der Waals surface area contributed by atoms with Crippen LogP contribution in [-0.4, -0.2) is 6.04 Å². The minimum absolute atomic E-state index is 0.00972. The number of benzene rings is 1. The van der Waals surface area contributed by atoms with E-state index in [1.54, 1.807) is 6.07 Å². The number of hydrogen-bond donors (Lipinski definition) is 1. The molecule has 1 aromatic rings. The van der Waals surface area contributed by atoms with E-state index in [1.807, 2.05) is 25.1 Å². The van der Waals surface area contributed by atoms with Crippen LogP contribution in [-0.2, 0) is 0 Å². The number of hydrogen-bond acceptors (Lipinski definition) is 2. The first kappa shape index (κ1) is 10.2. The second kappa shape index (κ2) is 4.94. The molecule has 1 N–H and O–H groups in total. The molecule has 0 saturated heterocycles. The largest absolute Gasteiger partial charge is 0.370 e. The number of para-hydroxylation sites is 1. The van der Waals surface area contributed by atoms with Crippen LogP contribution in [0.4, 0.5) is 5.69 Å². The Balaban J connectivity index is 2.87. The monoisotopic (exact) mass is 184 g/mol. The van der Waals surface area contributed by atoms with Crippen molar-refractivity contribution in [2.75, 3.05) is 5.32 Å². The molecule has 0 spiro atoms. The van der Waals surface area contributed by atoms with Gasteiger partial charge in [-0.15, -0.1) is 6.42 Å². The first-order chi connectivity index (χ1) is 6.81. The van der Waals surface area contributed by atoms with Crippen molar-refractivity contribution in [3.8, 4) is 18.4 Å². The average molecular weight is 184 g/mol. The SMILES string of the molecule is C#CC(CC)Nc1ccccc1C#N. The number of nitriles is 1. The highest BCUT2D eigenvalue weighted by molar-refractivity contribution is 5.58. The molecule has 70 valence electrons. The Labute approximate surface area is 84.6 Å². The third kappa shape index (κ3) is 2.28. The van der Waals surface area contributed by atoms with Crippen LogP contribution in [0, 0.1) is 23.7 Å². The fourth-order valence-electron chi connectivity index (χ4n) is 1.16. The van der Waals surface area contributed by atoms with Crippen molar-refractivity contribution in [1.82, 2.24) is 0 Å². The molecule has 0 heterocycles. The third-order valence-corrected chi connectivity index (χ3v) is 1.99. The summed E-state index contributed by atoms with van der Waals surface area (Å²) in [5.74, 6) is 2.63. The van der Waals surface area contributed by atoms with Crippen LogP contribution in [0.25, 0.3) is 0 Å². The molecule has 1 aromatic carbocycles. The van der Waals surface area contributed by atoms with Gasteiger partial charge in [-0.2, -0.15) is 5.26 Å². The molecule has 0 aliphatic rings. The van der Waals surface area contributed by atoms with E-state index < -0.39 is 0 Å². The Morgan fingerprint density at radius 1 is 1.50 bits per heavy atom. The van der Waals surface area contributed by atoms with Crippen molar-refractivity contribution in [3.63, 3.8) is 0 Å². The van der Waals surface area contributed by atoms with E-state index >= 15 is 0 Å². The molecule has 1 atom stereocenters. The number of nitrogens with zero attached hydrogens (tertiary/aromatic N) is 1. The van der Waals surface area contributed by atoms with E-state index in [9.17, 15) is 0 Å². The van der Waals surface area contributed by atoms with Gasteiger partial charge in [0, 0.05) is 0 Å². The molecule has 2 nitrogen and oxygen atoms in total. The second-order valence-electron chi connectivity index (χ2n) is 2.93. The van der Waals surface area contributed by atoms with Crippen molar-refractivity contribution in [2.24, 2.45) is 0 Å². The molecule has 0 aliphatic carbocycles. The lowest BCUT2D eigenvalue weighted by molar-refractivity contribution is 0.857. The quantitative estimate of drug-likeness (QED) is 0.732. The molecule has 0 aromatic heterocycles. The number of nitrogens with one attached hydrogen (secondary N) is 1. The maximum atomic E-state index is 8.84. The molecule has 2 heteroatoms. The highest BCUT2D eigenvalue weighted by Crippen LogP contribution is 2.15. The van der Waals surface area contributed by atoms with E-state index in [2.05, 4.69) is 17.3 Å². The van der Waals surface area contributed by atoms with Crippen molar-refractivity contribution in [2.45, 2.75) is 19.4 Å². The predicted octanol–water partition coefficient (Wildman–Crippen LogP) is 2.38. The Morgan fingerprint density at radius 2 is 2.21 bits per heavy atom. The van der Waals surface area contributed by atoms with Gasteiger partial charge in [0.25, 0.3) is 0 Å². The van der Waals surface area contributed by atoms with Crippen molar-refractivity contribution >= 4 is 5.69 Å². The minimum atomic E-state index is -0.00972. The molecule has 14 heavy (non-hydrogen) atoms. The van der Waals surface area contributed by atoms with Gasteiger partial charge >= 0.3 is 0 Å². The smallest absolute Gasteiger partial charge is 0.101 e. The number of terminal acetylenes is 1. The van der Waals surface area contributed by atoms with Crippen molar-refractivity contribution in [1.29, 1.82) is 5.26 Å². The first-order valence-corrected chi connectivity index (χ1v) is 4.53. The molecule has 0 saturated carbocycles. The molecule has 0 radical (unpaired) electrons. The van der Waals surface area contributed by atoms with Gasteiger partial charge < -0.3 is 5.32 Å². The van der Waals surface area contributed by atoms with Gasteiger partial charge in [-0.3, -0.25) is 0 Å². The van der Waals surface area contributed by atoms with Gasteiger partial charge in [-0.05, 0) is 18.6 Å². The Kier molecular flexibility index (Phi) is 3.58.